The van der Waals surface area contributed by atoms with Crippen molar-refractivity contribution in [3.05, 3.63) is 11.8 Å². The van der Waals surface area contributed by atoms with Gasteiger partial charge in [0.2, 0.25) is 0 Å². The maximum atomic E-state index is 3.40. The van der Waals surface area contributed by atoms with Crippen LogP contribution in [0.4, 0.5) is 0 Å². The highest BCUT2D eigenvalue weighted by Gasteiger charge is 2.19. The van der Waals surface area contributed by atoms with Crippen molar-refractivity contribution in [2.24, 2.45) is 5.92 Å². The van der Waals surface area contributed by atoms with Gasteiger partial charge < -0.3 is 5.32 Å². The predicted octanol–water partition coefficient (Wildman–Crippen LogP) is 2.93. The molecule has 0 bridgehead atoms. The number of hydrogen-bond donors (Lipinski definition) is 1. The lowest BCUT2D eigenvalue weighted by Gasteiger charge is -2.30. The van der Waals surface area contributed by atoms with Gasteiger partial charge in [0.15, 0.2) is 0 Å². The molecule has 0 aromatic heterocycles. The van der Waals surface area contributed by atoms with E-state index >= 15 is 0 Å². The van der Waals surface area contributed by atoms with Crippen LogP contribution in [0.1, 0.15) is 41.5 Å². The van der Waals surface area contributed by atoms with Crippen LogP contribution in [0.3, 0.4) is 0 Å². The Morgan fingerprint density at radius 1 is 1.27 bits per heavy atom. The average molecular weight is 155 g/mol. The molecule has 0 unspecified atom stereocenters. The van der Waals surface area contributed by atoms with E-state index in [1.165, 1.54) is 5.57 Å². The largest absolute Gasteiger partial charge is 0.386 e. The topological polar surface area (TPSA) is 12.0 Å². The van der Waals surface area contributed by atoms with E-state index in [1.807, 2.05) is 0 Å². The van der Waals surface area contributed by atoms with Crippen molar-refractivity contribution in [1.29, 1.82) is 0 Å². The Morgan fingerprint density at radius 3 is 2.00 bits per heavy atom. The summed E-state index contributed by atoms with van der Waals surface area (Å²) < 4.78 is 0. The molecule has 0 saturated heterocycles. The quantitative estimate of drug-likeness (QED) is 0.660. The molecule has 66 valence electrons. The van der Waals surface area contributed by atoms with Crippen molar-refractivity contribution in [3.63, 3.8) is 0 Å². The fourth-order valence-electron chi connectivity index (χ4n) is 0.497. The SMILES string of the molecule is CC(C)=CNC(C)(C)C(C)C. The van der Waals surface area contributed by atoms with Crippen LogP contribution >= 0.6 is 0 Å². The summed E-state index contributed by atoms with van der Waals surface area (Å²) in [6.45, 7) is 13.1. The van der Waals surface area contributed by atoms with Crippen molar-refractivity contribution in [1.82, 2.24) is 5.32 Å². The summed E-state index contributed by atoms with van der Waals surface area (Å²) in [6.07, 6.45) is 2.08. The van der Waals surface area contributed by atoms with Gasteiger partial charge in [-0.25, -0.2) is 0 Å². The van der Waals surface area contributed by atoms with E-state index in [4.69, 9.17) is 0 Å². The van der Waals surface area contributed by atoms with E-state index in [-0.39, 0.29) is 5.54 Å². The summed E-state index contributed by atoms with van der Waals surface area (Å²) in [5, 5.41) is 3.40. The Labute approximate surface area is 70.9 Å². The molecule has 0 amide bonds. The van der Waals surface area contributed by atoms with E-state index in [1.54, 1.807) is 0 Å². The van der Waals surface area contributed by atoms with Crippen molar-refractivity contribution >= 4 is 0 Å². The van der Waals surface area contributed by atoms with Gasteiger partial charge in [0.1, 0.15) is 0 Å². The summed E-state index contributed by atoms with van der Waals surface area (Å²) in [4.78, 5) is 0. The minimum Gasteiger partial charge on any atom is -0.386 e. The third kappa shape index (κ3) is 4.07. The minimum absolute atomic E-state index is 0.206. The fourth-order valence-corrected chi connectivity index (χ4v) is 0.497. The highest BCUT2D eigenvalue weighted by atomic mass is 14.9. The van der Waals surface area contributed by atoms with Crippen LogP contribution < -0.4 is 5.32 Å². The summed E-state index contributed by atoms with van der Waals surface area (Å²) >= 11 is 0. The molecule has 0 fully saturated rings. The smallest absolute Gasteiger partial charge is 0.0334 e. The monoisotopic (exact) mass is 155 g/mol. The first kappa shape index (κ1) is 10.5. The van der Waals surface area contributed by atoms with E-state index in [0.29, 0.717) is 5.92 Å². The van der Waals surface area contributed by atoms with Crippen LogP contribution in [0.5, 0.6) is 0 Å². The maximum Gasteiger partial charge on any atom is 0.0334 e. The molecule has 0 aliphatic rings. The van der Waals surface area contributed by atoms with Crippen molar-refractivity contribution in [3.8, 4) is 0 Å². The molecule has 0 aliphatic carbocycles. The molecule has 0 radical (unpaired) electrons. The molecule has 0 spiro atoms. The molecular formula is C10H21N. The Hall–Kier alpha value is -0.460. The number of allylic oxidation sites excluding steroid dienone is 1. The van der Waals surface area contributed by atoms with Gasteiger partial charge >= 0.3 is 0 Å². The zero-order valence-electron chi connectivity index (χ0n) is 8.65. The van der Waals surface area contributed by atoms with Gasteiger partial charge in [0.05, 0.1) is 0 Å². The molecule has 0 aromatic carbocycles. The summed E-state index contributed by atoms with van der Waals surface area (Å²) in [7, 11) is 0. The van der Waals surface area contributed by atoms with Crippen LogP contribution in [-0.2, 0) is 0 Å². The second-order valence-electron chi connectivity index (χ2n) is 4.24. The standard InChI is InChI=1S/C10H21N/c1-8(2)7-11-10(5,6)9(3)4/h7,9,11H,1-6H3. The third-order valence-corrected chi connectivity index (χ3v) is 2.18. The van der Waals surface area contributed by atoms with Crippen LogP contribution in [0.25, 0.3) is 0 Å². The van der Waals surface area contributed by atoms with Gasteiger partial charge in [0.25, 0.3) is 0 Å². The molecule has 1 N–H and O–H groups in total. The first-order valence-corrected chi connectivity index (χ1v) is 4.27. The van der Waals surface area contributed by atoms with E-state index in [0.717, 1.165) is 0 Å². The lowest BCUT2D eigenvalue weighted by atomic mass is 9.91. The highest BCUT2D eigenvalue weighted by molar-refractivity contribution is 4.96. The molecular weight excluding hydrogens is 134 g/mol. The molecule has 1 nitrogen and oxygen atoms in total. The molecule has 0 saturated carbocycles. The summed E-state index contributed by atoms with van der Waals surface area (Å²) in [5.74, 6) is 0.651. The first-order valence-electron chi connectivity index (χ1n) is 4.27. The highest BCUT2D eigenvalue weighted by Crippen LogP contribution is 2.14. The first-order chi connectivity index (χ1) is 4.86. The second kappa shape index (κ2) is 3.80. The lowest BCUT2D eigenvalue weighted by molar-refractivity contribution is 0.321. The minimum atomic E-state index is 0.206. The van der Waals surface area contributed by atoms with Crippen LogP contribution in [0, 0.1) is 5.92 Å². The lowest BCUT2D eigenvalue weighted by Crippen LogP contribution is -2.40. The zero-order valence-corrected chi connectivity index (χ0v) is 8.65. The van der Waals surface area contributed by atoms with Crippen LogP contribution in [0.2, 0.25) is 0 Å². The maximum absolute atomic E-state index is 3.40. The molecule has 0 aromatic rings. The van der Waals surface area contributed by atoms with E-state index < -0.39 is 0 Å². The van der Waals surface area contributed by atoms with Gasteiger partial charge in [-0.3, -0.25) is 0 Å². The van der Waals surface area contributed by atoms with Crippen molar-refractivity contribution in [2.75, 3.05) is 0 Å². The predicted molar refractivity (Wildman–Crippen MR) is 51.5 cm³/mol. The number of hydrogen-bond acceptors (Lipinski definition) is 1. The molecule has 0 atom stereocenters. The van der Waals surface area contributed by atoms with E-state index in [9.17, 15) is 0 Å². The van der Waals surface area contributed by atoms with Gasteiger partial charge in [-0.1, -0.05) is 19.4 Å². The number of rotatable bonds is 3. The van der Waals surface area contributed by atoms with Crippen LogP contribution in [-0.4, -0.2) is 5.54 Å². The van der Waals surface area contributed by atoms with E-state index in [2.05, 4.69) is 53.1 Å². The molecule has 0 aliphatic heterocycles. The molecule has 0 heterocycles. The molecule has 11 heavy (non-hydrogen) atoms. The molecule has 1 heteroatoms. The van der Waals surface area contributed by atoms with Crippen molar-refractivity contribution < 1.29 is 0 Å². The van der Waals surface area contributed by atoms with Gasteiger partial charge in [-0.05, 0) is 39.8 Å². The number of nitrogens with one attached hydrogen (secondary N) is 1. The Balaban J connectivity index is 4.03. The fraction of sp³-hybridized carbons (Fsp3) is 0.800. The second-order valence-corrected chi connectivity index (χ2v) is 4.24. The summed E-state index contributed by atoms with van der Waals surface area (Å²) in [5.41, 5.74) is 1.52. The summed E-state index contributed by atoms with van der Waals surface area (Å²) in [6, 6.07) is 0. The van der Waals surface area contributed by atoms with Gasteiger partial charge in [-0.15, -0.1) is 0 Å². The Kier molecular flexibility index (Phi) is 3.64. The average Bonchev–Trinajstić information content (AvgIpc) is 1.84. The van der Waals surface area contributed by atoms with Gasteiger partial charge in [-0.2, -0.15) is 0 Å². The Morgan fingerprint density at radius 2 is 1.73 bits per heavy atom. The van der Waals surface area contributed by atoms with Crippen LogP contribution in [0.15, 0.2) is 11.8 Å². The normalized spacial score (nSPS) is 11.5. The third-order valence-electron chi connectivity index (χ3n) is 2.18. The zero-order chi connectivity index (χ0) is 9.07. The van der Waals surface area contributed by atoms with Crippen molar-refractivity contribution in [2.45, 2.75) is 47.1 Å². The van der Waals surface area contributed by atoms with Gasteiger partial charge in [0, 0.05) is 5.54 Å². The molecule has 0 rings (SSSR count). The Bertz CT molecular complexity index is 139.